The van der Waals surface area contributed by atoms with Crippen LogP contribution in [-0.4, -0.2) is 42.2 Å². The van der Waals surface area contributed by atoms with Crippen molar-refractivity contribution in [3.63, 3.8) is 0 Å². The molecule has 7 heteroatoms. The van der Waals surface area contributed by atoms with Crippen molar-refractivity contribution in [1.29, 1.82) is 0 Å². The lowest BCUT2D eigenvalue weighted by atomic mass is 10.1. The second-order valence-electron chi connectivity index (χ2n) is 5.50. The van der Waals surface area contributed by atoms with Crippen LogP contribution in [0.1, 0.15) is 5.56 Å². The van der Waals surface area contributed by atoms with Crippen LogP contribution in [0.3, 0.4) is 0 Å². The summed E-state index contributed by atoms with van der Waals surface area (Å²) in [5.74, 6) is 1.43. The van der Waals surface area contributed by atoms with Gasteiger partial charge in [-0.1, -0.05) is 17.7 Å². The van der Waals surface area contributed by atoms with Gasteiger partial charge in [-0.25, -0.2) is 0 Å². The summed E-state index contributed by atoms with van der Waals surface area (Å²) >= 11 is 6.15. The van der Waals surface area contributed by atoms with Gasteiger partial charge in [0.1, 0.15) is 11.9 Å². The fourth-order valence-corrected chi connectivity index (χ4v) is 2.82. The molecule has 1 aliphatic rings. The third-order valence-corrected chi connectivity index (χ3v) is 4.08. The first kappa shape index (κ1) is 16.1. The van der Waals surface area contributed by atoms with Crippen LogP contribution in [0.15, 0.2) is 30.6 Å². The highest BCUT2D eigenvalue weighted by Crippen LogP contribution is 2.25. The van der Waals surface area contributed by atoms with Crippen molar-refractivity contribution in [2.75, 3.05) is 20.3 Å². The van der Waals surface area contributed by atoms with Gasteiger partial charge < -0.3 is 19.5 Å². The van der Waals surface area contributed by atoms with E-state index in [4.69, 9.17) is 25.8 Å². The molecule has 2 heterocycles. The van der Waals surface area contributed by atoms with E-state index < -0.39 is 0 Å². The minimum absolute atomic E-state index is 0.0343. The Morgan fingerprint density at radius 2 is 2.30 bits per heavy atom. The maximum absolute atomic E-state index is 6.15. The molecule has 0 saturated carbocycles. The van der Waals surface area contributed by atoms with Crippen LogP contribution in [0.25, 0.3) is 0 Å². The monoisotopic (exact) mass is 337 g/mol. The zero-order valence-corrected chi connectivity index (χ0v) is 13.9. The van der Waals surface area contributed by atoms with Gasteiger partial charge in [-0.05, 0) is 17.7 Å². The summed E-state index contributed by atoms with van der Waals surface area (Å²) in [6.45, 7) is 1.87. The number of hydrogen-bond acceptors (Lipinski definition) is 5. The smallest absolute Gasteiger partial charge is 0.157 e. The quantitative estimate of drug-likeness (QED) is 0.874. The highest BCUT2D eigenvalue weighted by Gasteiger charge is 2.30. The predicted octanol–water partition coefficient (Wildman–Crippen LogP) is 2.02. The van der Waals surface area contributed by atoms with Gasteiger partial charge in [-0.3, -0.25) is 4.68 Å². The van der Waals surface area contributed by atoms with Crippen molar-refractivity contribution in [1.82, 2.24) is 15.1 Å². The minimum atomic E-state index is -0.0343. The maximum atomic E-state index is 6.15. The number of nitrogens with zero attached hydrogens (tertiary/aromatic N) is 2. The Bertz CT molecular complexity index is 662. The number of methoxy groups -OCH3 is 1. The molecule has 1 aromatic carbocycles. The molecule has 0 bridgehead atoms. The highest BCUT2D eigenvalue weighted by molar-refractivity contribution is 6.32. The van der Waals surface area contributed by atoms with Crippen LogP contribution < -0.4 is 14.8 Å². The number of ether oxygens (including phenoxy) is 3. The first-order valence-electron chi connectivity index (χ1n) is 7.44. The van der Waals surface area contributed by atoms with E-state index in [9.17, 15) is 0 Å². The Morgan fingerprint density at radius 1 is 1.43 bits per heavy atom. The molecule has 1 aliphatic heterocycles. The summed E-state index contributed by atoms with van der Waals surface area (Å²) in [6, 6.07) is 5.88. The molecule has 23 heavy (non-hydrogen) atoms. The number of rotatable bonds is 6. The van der Waals surface area contributed by atoms with Crippen molar-refractivity contribution >= 4 is 11.6 Å². The van der Waals surface area contributed by atoms with Crippen LogP contribution in [0.4, 0.5) is 0 Å². The first-order chi connectivity index (χ1) is 11.2. The molecule has 0 aliphatic carbocycles. The molecule has 2 aromatic rings. The molecule has 124 valence electrons. The van der Waals surface area contributed by atoms with Gasteiger partial charge in [-0.15, -0.1) is 0 Å². The number of nitrogens with one attached hydrogen (secondary N) is 1. The number of halogens is 1. The Labute approximate surface area is 140 Å². The van der Waals surface area contributed by atoms with Gasteiger partial charge >= 0.3 is 0 Å². The average Bonchev–Trinajstić information content (AvgIpc) is 3.15. The van der Waals surface area contributed by atoms with Gasteiger partial charge in [0.05, 0.1) is 43.8 Å². The van der Waals surface area contributed by atoms with Gasteiger partial charge in [0.25, 0.3) is 0 Å². The van der Waals surface area contributed by atoms with E-state index in [1.165, 1.54) is 0 Å². The Morgan fingerprint density at radius 3 is 3.00 bits per heavy atom. The van der Waals surface area contributed by atoms with E-state index in [1.807, 2.05) is 31.4 Å². The average molecular weight is 338 g/mol. The molecule has 6 nitrogen and oxygen atoms in total. The van der Waals surface area contributed by atoms with Gasteiger partial charge in [-0.2, -0.15) is 5.10 Å². The molecule has 1 fully saturated rings. The maximum Gasteiger partial charge on any atom is 0.157 e. The van der Waals surface area contributed by atoms with E-state index in [1.54, 1.807) is 18.0 Å². The molecule has 0 unspecified atom stereocenters. The zero-order chi connectivity index (χ0) is 16.2. The predicted molar refractivity (Wildman–Crippen MR) is 87.1 cm³/mol. The van der Waals surface area contributed by atoms with E-state index in [-0.39, 0.29) is 12.1 Å². The molecule has 2 atom stereocenters. The zero-order valence-electron chi connectivity index (χ0n) is 13.2. The molecular formula is C16H20ClN3O3. The van der Waals surface area contributed by atoms with Gasteiger partial charge in [0, 0.05) is 13.6 Å². The lowest BCUT2D eigenvalue weighted by Crippen LogP contribution is -2.41. The van der Waals surface area contributed by atoms with Crippen LogP contribution >= 0.6 is 11.6 Å². The molecule has 0 amide bonds. The summed E-state index contributed by atoms with van der Waals surface area (Å²) in [5, 5.41) is 8.18. The lowest BCUT2D eigenvalue weighted by molar-refractivity contribution is 0.139. The SMILES string of the molecule is COc1ccc(CN[C@H]2COC[C@H]2Oc2cnn(C)c2)cc1Cl. The third-order valence-electron chi connectivity index (χ3n) is 3.78. The van der Waals surface area contributed by atoms with Crippen LogP contribution in [-0.2, 0) is 18.3 Å². The molecule has 0 radical (unpaired) electrons. The summed E-state index contributed by atoms with van der Waals surface area (Å²) in [4.78, 5) is 0. The van der Waals surface area contributed by atoms with Crippen molar-refractivity contribution in [3.05, 3.63) is 41.2 Å². The van der Waals surface area contributed by atoms with E-state index in [2.05, 4.69) is 10.4 Å². The standard InChI is InChI=1S/C16H20ClN3O3/c1-20-8-12(7-19-20)23-16-10-22-9-14(16)18-6-11-3-4-15(21-2)13(17)5-11/h3-5,7-8,14,16,18H,6,9-10H2,1-2H3/t14-,16+/m0/s1. The van der Waals surface area contributed by atoms with Crippen LogP contribution in [0, 0.1) is 0 Å². The summed E-state index contributed by atoms with van der Waals surface area (Å²) in [6.07, 6.45) is 3.52. The normalized spacial score (nSPS) is 20.7. The highest BCUT2D eigenvalue weighted by atomic mass is 35.5. The largest absolute Gasteiger partial charge is 0.495 e. The lowest BCUT2D eigenvalue weighted by Gasteiger charge is -2.20. The van der Waals surface area contributed by atoms with Crippen LogP contribution in [0.2, 0.25) is 5.02 Å². The Balaban J connectivity index is 1.57. The Hall–Kier alpha value is -1.76. The molecule has 3 rings (SSSR count). The summed E-state index contributed by atoms with van der Waals surface area (Å²) in [5.41, 5.74) is 1.09. The summed E-state index contributed by atoms with van der Waals surface area (Å²) in [7, 11) is 3.47. The Kier molecular flexibility index (Phi) is 5.05. The number of benzene rings is 1. The second kappa shape index (κ2) is 7.21. The van der Waals surface area contributed by atoms with E-state index in [0.717, 1.165) is 11.3 Å². The molecule has 1 N–H and O–H groups in total. The van der Waals surface area contributed by atoms with Crippen LogP contribution in [0.5, 0.6) is 11.5 Å². The van der Waals surface area contributed by atoms with E-state index >= 15 is 0 Å². The topological polar surface area (TPSA) is 57.5 Å². The van der Waals surface area contributed by atoms with Gasteiger partial charge in [0.15, 0.2) is 5.75 Å². The fraction of sp³-hybridized carbons (Fsp3) is 0.438. The fourth-order valence-electron chi connectivity index (χ4n) is 2.54. The van der Waals surface area contributed by atoms with Crippen molar-refractivity contribution in [3.8, 4) is 11.5 Å². The van der Waals surface area contributed by atoms with Gasteiger partial charge in [0.2, 0.25) is 0 Å². The number of aromatic nitrogens is 2. The molecular weight excluding hydrogens is 318 g/mol. The number of aryl methyl sites for hydroxylation is 1. The molecule has 0 spiro atoms. The minimum Gasteiger partial charge on any atom is -0.495 e. The van der Waals surface area contributed by atoms with Crippen molar-refractivity contribution in [2.24, 2.45) is 7.05 Å². The van der Waals surface area contributed by atoms with Crippen molar-refractivity contribution < 1.29 is 14.2 Å². The molecule has 1 aromatic heterocycles. The molecule has 1 saturated heterocycles. The first-order valence-corrected chi connectivity index (χ1v) is 7.82. The third kappa shape index (κ3) is 3.96. The summed E-state index contributed by atoms with van der Waals surface area (Å²) < 4.78 is 18.4. The second-order valence-corrected chi connectivity index (χ2v) is 5.91. The van der Waals surface area contributed by atoms with Crippen molar-refractivity contribution in [2.45, 2.75) is 18.7 Å². The number of hydrogen-bond donors (Lipinski definition) is 1. The van der Waals surface area contributed by atoms with E-state index in [0.29, 0.717) is 30.5 Å².